The Morgan fingerprint density at radius 2 is 1.94 bits per heavy atom. The molecule has 1 aromatic rings. The van der Waals surface area contributed by atoms with Gasteiger partial charge >= 0.3 is 6.03 Å². The third-order valence-electron chi connectivity index (χ3n) is 3.54. The molecule has 0 unspecified atom stereocenters. The topological polar surface area (TPSA) is 41.1 Å². The highest BCUT2D eigenvalue weighted by Crippen LogP contribution is 2.38. The lowest BCUT2D eigenvalue weighted by molar-refractivity contribution is 0.225. The van der Waals surface area contributed by atoms with Crippen molar-refractivity contribution in [3.05, 3.63) is 48.6 Å². The van der Waals surface area contributed by atoms with E-state index < -0.39 is 0 Å². The first-order chi connectivity index (χ1) is 8.77. The van der Waals surface area contributed by atoms with Crippen LogP contribution in [0.3, 0.4) is 0 Å². The van der Waals surface area contributed by atoms with Crippen LogP contribution in [-0.2, 0) is 5.54 Å². The van der Waals surface area contributed by atoms with Gasteiger partial charge in [0.1, 0.15) is 0 Å². The van der Waals surface area contributed by atoms with Crippen molar-refractivity contribution in [3.8, 4) is 0 Å². The number of benzene rings is 1. The predicted octanol–water partition coefficient (Wildman–Crippen LogP) is 2.94. The third kappa shape index (κ3) is 2.73. The molecular weight excluding hydrogens is 224 g/mol. The van der Waals surface area contributed by atoms with Crippen LogP contribution in [0.2, 0.25) is 0 Å². The molecule has 0 heterocycles. The maximum Gasteiger partial charge on any atom is 0.315 e. The number of rotatable bonds is 4. The van der Waals surface area contributed by atoms with E-state index in [0.717, 1.165) is 25.7 Å². The van der Waals surface area contributed by atoms with Crippen molar-refractivity contribution in [1.82, 2.24) is 10.6 Å². The molecular formula is C15H20N2O. The highest BCUT2D eigenvalue weighted by Gasteiger charge is 2.36. The summed E-state index contributed by atoms with van der Waals surface area (Å²) in [6.45, 7) is 4.09. The summed E-state index contributed by atoms with van der Waals surface area (Å²) in [6, 6.07) is 10.1. The Morgan fingerprint density at radius 1 is 1.28 bits per heavy atom. The Hall–Kier alpha value is -1.77. The van der Waals surface area contributed by atoms with Crippen LogP contribution in [0.1, 0.15) is 31.2 Å². The molecule has 0 aliphatic heterocycles. The van der Waals surface area contributed by atoms with Crippen LogP contribution in [0.15, 0.2) is 43.0 Å². The second-order valence-electron chi connectivity index (χ2n) is 4.78. The molecule has 1 aromatic carbocycles. The Kier molecular flexibility index (Phi) is 4.03. The molecule has 0 saturated heterocycles. The van der Waals surface area contributed by atoms with Gasteiger partial charge in [-0.3, -0.25) is 0 Å². The predicted molar refractivity (Wildman–Crippen MR) is 73.3 cm³/mol. The largest absolute Gasteiger partial charge is 0.335 e. The quantitative estimate of drug-likeness (QED) is 0.786. The van der Waals surface area contributed by atoms with Gasteiger partial charge in [0, 0.05) is 6.54 Å². The van der Waals surface area contributed by atoms with Crippen molar-refractivity contribution >= 4 is 6.03 Å². The lowest BCUT2D eigenvalue weighted by Gasteiger charge is -2.31. The summed E-state index contributed by atoms with van der Waals surface area (Å²) < 4.78 is 0. The molecule has 0 atom stereocenters. The fourth-order valence-electron chi connectivity index (χ4n) is 2.65. The third-order valence-corrected chi connectivity index (χ3v) is 3.54. The molecule has 3 heteroatoms. The highest BCUT2D eigenvalue weighted by atomic mass is 16.2. The van der Waals surface area contributed by atoms with Crippen LogP contribution in [0.4, 0.5) is 4.79 Å². The van der Waals surface area contributed by atoms with Gasteiger partial charge in [-0.15, -0.1) is 6.58 Å². The van der Waals surface area contributed by atoms with E-state index in [9.17, 15) is 4.79 Å². The molecule has 0 aromatic heterocycles. The lowest BCUT2D eigenvalue weighted by Crippen LogP contribution is -2.48. The van der Waals surface area contributed by atoms with Crippen LogP contribution in [0.25, 0.3) is 0 Å². The number of amides is 2. The van der Waals surface area contributed by atoms with E-state index in [4.69, 9.17) is 0 Å². The summed E-state index contributed by atoms with van der Waals surface area (Å²) >= 11 is 0. The van der Waals surface area contributed by atoms with Gasteiger partial charge < -0.3 is 10.6 Å². The van der Waals surface area contributed by atoms with E-state index in [2.05, 4.69) is 29.3 Å². The molecule has 96 valence electrons. The maximum atomic E-state index is 11.9. The summed E-state index contributed by atoms with van der Waals surface area (Å²) in [4.78, 5) is 11.9. The maximum absolute atomic E-state index is 11.9. The molecule has 2 N–H and O–H groups in total. The van der Waals surface area contributed by atoms with Crippen LogP contribution in [-0.4, -0.2) is 12.6 Å². The molecule has 1 aliphatic carbocycles. The average Bonchev–Trinajstić information content (AvgIpc) is 2.87. The molecule has 0 bridgehead atoms. The van der Waals surface area contributed by atoms with Crippen molar-refractivity contribution in [3.63, 3.8) is 0 Å². The molecule has 0 radical (unpaired) electrons. The molecule has 1 saturated carbocycles. The standard InChI is InChI=1S/C15H20N2O/c1-2-12-16-14(18)17-15(10-6-7-11-15)13-8-4-3-5-9-13/h2-5,8-9H,1,6-7,10-12H2,(H2,16,17,18). The lowest BCUT2D eigenvalue weighted by atomic mass is 9.88. The van der Waals surface area contributed by atoms with Crippen molar-refractivity contribution in [1.29, 1.82) is 0 Å². The van der Waals surface area contributed by atoms with Gasteiger partial charge in [0.15, 0.2) is 0 Å². The van der Waals surface area contributed by atoms with Crippen LogP contribution < -0.4 is 10.6 Å². The average molecular weight is 244 g/mol. The minimum Gasteiger partial charge on any atom is -0.335 e. The van der Waals surface area contributed by atoms with Crippen LogP contribution >= 0.6 is 0 Å². The molecule has 1 aliphatic rings. The number of carbonyl (C=O) groups excluding carboxylic acids is 1. The van der Waals surface area contributed by atoms with Gasteiger partial charge in [-0.25, -0.2) is 4.79 Å². The summed E-state index contributed by atoms with van der Waals surface area (Å²) in [5.41, 5.74) is 1.02. The first-order valence-corrected chi connectivity index (χ1v) is 6.49. The van der Waals surface area contributed by atoms with E-state index in [0.29, 0.717) is 6.54 Å². The van der Waals surface area contributed by atoms with Gasteiger partial charge in [-0.05, 0) is 18.4 Å². The van der Waals surface area contributed by atoms with Gasteiger partial charge in [-0.1, -0.05) is 49.2 Å². The minimum absolute atomic E-state index is 0.111. The smallest absolute Gasteiger partial charge is 0.315 e. The summed E-state index contributed by atoms with van der Waals surface area (Å²) in [5, 5.41) is 5.93. The number of urea groups is 1. The van der Waals surface area contributed by atoms with Gasteiger partial charge in [0.2, 0.25) is 0 Å². The summed E-state index contributed by atoms with van der Waals surface area (Å²) in [6.07, 6.45) is 6.04. The van der Waals surface area contributed by atoms with E-state index in [1.165, 1.54) is 5.56 Å². The molecule has 1 fully saturated rings. The Balaban J connectivity index is 2.12. The monoisotopic (exact) mass is 244 g/mol. The number of carbonyl (C=O) groups is 1. The minimum atomic E-state index is -0.188. The Labute approximate surface area is 108 Å². The number of nitrogens with one attached hydrogen (secondary N) is 2. The Bertz CT molecular complexity index is 408. The normalized spacial score (nSPS) is 17.1. The number of hydrogen-bond donors (Lipinski definition) is 2. The summed E-state index contributed by atoms with van der Waals surface area (Å²) in [7, 11) is 0. The number of hydrogen-bond acceptors (Lipinski definition) is 1. The van der Waals surface area contributed by atoms with E-state index in [1.54, 1.807) is 6.08 Å². The van der Waals surface area contributed by atoms with Gasteiger partial charge in [-0.2, -0.15) is 0 Å². The van der Waals surface area contributed by atoms with Crippen LogP contribution in [0, 0.1) is 0 Å². The van der Waals surface area contributed by atoms with Crippen LogP contribution in [0.5, 0.6) is 0 Å². The second kappa shape index (κ2) is 5.71. The fourth-order valence-corrected chi connectivity index (χ4v) is 2.65. The van der Waals surface area contributed by atoms with Crippen molar-refractivity contribution in [2.45, 2.75) is 31.2 Å². The first kappa shape index (κ1) is 12.7. The zero-order valence-electron chi connectivity index (χ0n) is 10.6. The highest BCUT2D eigenvalue weighted by molar-refractivity contribution is 5.75. The zero-order valence-corrected chi connectivity index (χ0v) is 10.6. The second-order valence-corrected chi connectivity index (χ2v) is 4.78. The molecule has 2 rings (SSSR count). The molecule has 2 amide bonds. The van der Waals surface area contributed by atoms with Crippen molar-refractivity contribution in [2.75, 3.05) is 6.54 Å². The van der Waals surface area contributed by atoms with Gasteiger partial charge in [0.05, 0.1) is 5.54 Å². The van der Waals surface area contributed by atoms with Crippen molar-refractivity contribution in [2.24, 2.45) is 0 Å². The Morgan fingerprint density at radius 3 is 2.56 bits per heavy atom. The van der Waals surface area contributed by atoms with E-state index >= 15 is 0 Å². The van der Waals surface area contributed by atoms with Gasteiger partial charge in [0.25, 0.3) is 0 Å². The molecule has 0 spiro atoms. The summed E-state index contributed by atoms with van der Waals surface area (Å²) in [5.74, 6) is 0. The van der Waals surface area contributed by atoms with E-state index in [-0.39, 0.29) is 11.6 Å². The molecule has 3 nitrogen and oxygen atoms in total. The molecule has 18 heavy (non-hydrogen) atoms. The van der Waals surface area contributed by atoms with E-state index in [1.807, 2.05) is 18.2 Å². The first-order valence-electron chi connectivity index (χ1n) is 6.49. The zero-order chi connectivity index (χ0) is 12.8. The fraction of sp³-hybridized carbons (Fsp3) is 0.400. The SMILES string of the molecule is C=CCNC(=O)NC1(c2ccccc2)CCCC1. The van der Waals surface area contributed by atoms with Crippen molar-refractivity contribution < 1.29 is 4.79 Å².